The van der Waals surface area contributed by atoms with Crippen LogP contribution in [0.2, 0.25) is 0 Å². The summed E-state index contributed by atoms with van der Waals surface area (Å²) in [5.41, 5.74) is -0.192. The van der Waals surface area contributed by atoms with Crippen LogP contribution in [-0.2, 0) is 14.3 Å². The number of esters is 1. The average Bonchev–Trinajstić information content (AvgIpc) is 2.16. The molecule has 1 amide bonds. The lowest BCUT2D eigenvalue weighted by molar-refractivity contribution is -0.147. The lowest BCUT2D eigenvalue weighted by Crippen LogP contribution is -2.64. The standard InChI is InChI=1S/C14H23NO4/c1-13(2,3)19-12(17)15-8-14(9-15)6-10(7-14)5-11(16)18-4/h10H,5-9H2,1-4H3. The Balaban J connectivity index is 1.70. The SMILES string of the molecule is COC(=O)CC1CC2(C1)CN(C(=O)OC(C)(C)C)C2. The van der Waals surface area contributed by atoms with Crippen molar-refractivity contribution in [3.05, 3.63) is 0 Å². The molecular formula is C14H23NO4. The lowest BCUT2D eigenvalue weighted by atomic mass is 9.57. The highest BCUT2D eigenvalue weighted by Crippen LogP contribution is 2.53. The van der Waals surface area contributed by atoms with Crippen LogP contribution in [0.5, 0.6) is 0 Å². The van der Waals surface area contributed by atoms with Crippen LogP contribution in [0.3, 0.4) is 0 Å². The van der Waals surface area contributed by atoms with Gasteiger partial charge in [0.25, 0.3) is 0 Å². The van der Waals surface area contributed by atoms with E-state index in [0.29, 0.717) is 12.3 Å². The third kappa shape index (κ3) is 3.19. The first-order chi connectivity index (χ1) is 8.73. The van der Waals surface area contributed by atoms with Gasteiger partial charge in [-0.1, -0.05) is 0 Å². The van der Waals surface area contributed by atoms with E-state index in [1.807, 2.05) is 20.8 Å². The minimum atomic E-state index is -0.438. The summed E-state index contributed by atoms with van der Waals surface area (Å²) in [6, 6.07) is 0. The summed E-state index contributed by atoms with van der Waals surface area (Å²) in [5.74, 6) is 0.288. The molecule has 2 fully saturated rings. The quantitative estimate of drug-likeness (QED) is 0.721. The molecule has 0 aromatic rings. The zero-order valence-corrected chi connectivity index (χ0v) is 12.2. The molecule has 1 saturated carbocycles. The monoisotopic (exact) mass is 269 g/mol. The largest absolute Gasteiger partial charge is 0.469 e. The summed E-state index contributed by atoms with van der Waals surface area (Å²) in [6.07, 6.45) is 2.31. The molecule has 19 heavy (non-hydrogen) atoms. The Labute approximate surface area is 114 Å². The van der Waals surface area contributed by atoms with Crippen molar-refractivity contribution in [3.8, 4) is 0 Å². The number of amides is 1. The molecule has 5 nitrogen and oxygen atoms in total. The van der Waals surface area contributed by atoms with Crippen molar-refractivity contribution in [2.45, 2.75) is 45.6 Å². The fourth-order valence-electron chi connectivity index (χ4n) is 3.11. The van der Waals surface area contributed by atoms with E-state index in [1.165, 1.54) is 7.11 Å². The van der Waals surface area contributed by atoms with Crippen molar-refractivity contribution in [1.82, 2.24) is 4.90 Å². The maximum Gasteiger partial charge on any atom is 0.410 e. The van der Waals surface area contributed by atoms with E-state index in [-0.39, 0.29) is 17.5 Å². The van der Waals surface area contributed by atoms with Crippen LogP contribution in [0.1, 0.15) is 40.0 Å². The molecule has 0 N–H and O–H groups in total. The molecule has 0 atom stereocenters. The van der Waals surface area contributed by atoms with E-state index in [4.69, 9.17) is 4.74 Å². The number of ether oxygens (including phenoxy) is 2. The van der Waals surface area contributed by atoms with Crippen LogP contribution < -0.4 is 0 Å². The van der Waals surface area contributed by atoms with E-state index in [0.717, 1.165) is 25.9 Å². The Kier molecular flexibility index (Phi) is 3.49. The van der Waals surface area contributed by atoms with Crippen molar-refractivity contribution < 1.29 is 19.1 Å². The third-order valence-corrected chi connectivity index (χ3v) is 3.83. The number of likely N-dealkylation sites (tertiary alicyclic amines) is 1. The van der Waals surface area contributed by atoms with Gasteiger partial charge in [-0.2, -0.15) is 0 Å². The fourth-order valence-corrected chi connectivity index (χ4v) is 3.11. The van der Waals surface area contributed by atoms with Crippen molar-refractivity contribution >= 4 is 12.1 Å². The van der Waals surface area contributed by atoms with E-state index in [1.54, 1.807) is 4.90 Å². The van der Waals surface area contributed by atoms with Crippen LogP contribution in [0.4, 0.5) is 4.79 Å². The van der Waals surface area contributed by atoms with Gasteiger partial charge in [-0.3, -0.25) is 4.79 Å². The van der Waals surface area contributed by atoms with Gasteiger partial charge in [0, 0.05) is 24.9 Å². The van der Waals surface area contributed by atoms with Crippen LogP contribution >= 0.6 is 0 Å². The summed E-state index contributed by atoms with van der Waals surface area (Å²) >= 11 is 0. The molecule has 2 aliphatic rings. The molecule has 0 aromatic heterocycles. The molecule has 1 aliphatic carbocycles. The van der Waals surface area contributed by atoms with Crippen LogP contribution in [-0.4, -0.2) is 42.8 Å². The van der Waals surface area contributed by atoms with Crippen LogP contribution in [0.25, 0.3) is 0 Å². The Morgan fingerprint density at radius 2 is 1.84 bits per heavy atom. The third-order valence-electron chi connectivity index (χ3n) is 3.83. The maximum absolute atomic E-state index is 11.8. The Morgan fingerprint density at radius 3 is 2.32 bits per heavy atom. The molecule has 1 aliphatic heterocycles. The van der Waals surface area contributed by atoms with Crippen molar-refractivity contribution in [1.29, 1.82) is 0 Å². The second kappa shape index (κ2) is 4.69. The van der Waals surface area contributed by atoms with Gasteiger partial charge < -0.3 is 14.4 Å². The van der Waals surface area contributed by atoms with E-state index >= 15 is 0 Å². The molecule has 0 unspecified atom stereocenters. The number of carbonyl (C=O) groups is 2. The second-order valence-electron chi connectivity index (χ2n) is 6.89. The molecule has 0 radical (unpaired) electrons. The molecule has 1 spiro atoms. The topological polar surface area (TPSA) is 55.8 Å². The summed E-state index contributed by atoms with van der Waals surface area (Å²) in [4.78, 5) is 24.7. The number of carbonyl (C=O) groups excluding carboxylic acids is 2. The number of hydrogen-bond donors (Lipinski definition) is 0. The van der Waals surface area contributed by atoms with Gasteiger partial charge in [0.2, 0.25) is 0 Å². The lowest BCUT2D eigenvalue weighted by Gasteiger charge is -2.58. The van der Waals surface area contributed by atoms with Crippen molar-refractivity contribution in [2.75, 3.05) is 20.2 Å². The summed E-state index contributed by atoms with van der Waals surface area (Å²) < 4.78 is 9.99. The highest BCUT2D eigenvalue weighted by molar-refractivity contribution is 5.70. The zero-order valence-electron chi connectivity index (χ0n) is 12.2. The van der Waals surface area contributed by atoms with Crippen LogP contribution in [0.15, 0.2) is 0 Å². The molecule has 1 saturated heterocycles. The summed E-state index contributed by atoms with van der Waals surface area (Å²) in [5, 5.41) is 0. The molecule has 0 aromatic carbocycles. The molecule has 1 heterocycles. The van der Waals surface area contributed by atoms with Gasteiger partial charge in [-0.15, -0.1) is 0 Å². The zero-order chi connectivity index (χ0) is 14.3. The first kappa shape index (κ1) is 14.2. The van der Waals surface area contributed by atoms with Gasteiger partial charge >= 0.3 is 12.1 Å². The van der Waals surface area contributed by atoms with Gasteiger partial charge in [-0.25, -0.2) is 4.79 Å². The highest BCUT2D eigenvalue weighted by Gasteiger charge is 2.54. The van der Waals surface area contributed by atoms with E-state index < -0.39 is 5.60 Å². The normalized spacial score (nSPS) is 21.6. The van der Waals surface area contributed by atoms with Gasteiger partial charge in [0.15, 0.2) is 0 Å². The minimum Gasteiger partial charge on any atom is -0.469 e. The van der Waals surface area contributed by atoms with E-state index in [2.05, 4.69) is 4.74 Å². The minimum absolute atomic E-state index is 0.136. The first-order valence-corrected chi connectivity index (χ1v) is 6.78. The second-order valence-corrected chi connectivity index (χ2v) is 6.89. The number of hydrogen-bond acceptors (Lipinski definition) is 4. The number of rotatable bonds is 2. The van der Waals surface area contributed by atoms with Crippen molar-refractivity contribution in [2.24, 2.45) is 11.3 Å². The van der Waals surface area contributed by atoms with E-state index in [9.17, 15) is 9.59 Å². The molecule has 5 heteroatoms. The molecular weight excluding hydrogens is 246 g/mol. The predicted octanol–water partition coefficient (Wildman–Crippen LogP) is 2.20. The molecule has 2 rings (SSSR count). The average molecular weight is 269 g/mol. The Bertz CT molecular complexity index is 371. The Morgan fingerprint density at radius 1 is 1.26 bits per heavy atom. The fraction of sp³-hybridized carbons (Fsp3) is 0.857. The Hall–Kier alpha value is -1.26. The van der Waals surface area contributed by atoms with Crippen molar-refractivity contribution in [3.63, 3.8) is 0 Å². The number of methoxy groups -OCH3 is 1. The number of nitrogens with zero attached hydrogens (tertiary/aromatic N) is 1. The molecule has 108 valence electrons. The van der Waals surface area contributed by atoms with Gasteiger partial charge in [0.05, 0.1) is 7.11 Å². The first-order valence-electron chi connectivity index (χ1n) is 6.78. The maximum atomic E-state index is 11.8. The predicted molar refractivity (Wildman–Crippen MR) is 69.6 cm³/mol. The highest BCUT2D eigenvalue weighted by atomic mass is 16.6. The van der Waals surface area contributed by atoms with Gasteiger partial charge in [0.1, 0.15) is 5.60 Å². The summed E-state index contributed by atoms with van der Waals surface area (Å²) in [7, 11) is 1.42. The van der Waals surface area contributed by atoms with Gasteiger partial charge in [-0.05, 0) is 39.5 Å². The molecule has 0 bridgehead atoms. The summed E-state index contributed by atoms with van der Waals surface area (Å²) in [6.45, 7) is 7.14. The smallest absolute Gasteiger partial charge is 0.410 e. The van der Waals surface area contributed by atoms with Crippen LogP contribution in [0, 0.1) is 11.3 Å².